The van der Waals surface area contributed by atoms with Gasteiger partial charge < -0.3 is 9.47 Å². The van der Waals surface area contributed by atoms with Gasteiger partial charge in [0.2, 0.25) is 0 Å². The fourth-order valence-corrected chi connectivity index (χ4v) is 7.12. The van der Waals surface area contributed by atoms with E-state index in [0.29, 0.717) is 16.3 Å². The molecule has 2 aromatic carbocycles. The molecule has 202 valence electrons. The highest BCUT2D eigenvalue weighted by molar-refractivity contribution is 14.1. The van der Waals surface area contributed by atoms with Gasteiger partial charge in [-0.2, -0.15) is 13.2 Å². The van der Waals surface area contributed by atoms with E-state index in [1.54, 1.807) is 18.2 Å². The first kappa shape index (κ1) is 29.6. The van der Waals surface area contributed by atoms with E-state index in [9.17, 15) is 22.8 Å². The Balaban J connectivity index is 1.98. The topological polar surface area (TPSA) is 69.9 Å². The summed E-state index contributed by atoms with van der Waals surface area (Å²) in [6.45, 7) is 1.40. The lowest BCUT2D eigenvalue weighted by Crippen LogP contribution is -2.41. The molecule has 0 aliphatic carbocycles. The molecular formula is C26H16ClF3I2N2O4S. The van der Waals surface area contributed by atoms with E-state index in [2.05, 4.69) is 56.1 Å². The van der Waals surface area contributed by atoms with Crippen molar-refractivity contribution < 1.29 is 27.4 Å². The highest BCUT2D eigenvalue weighted by atomic mass is 127. The largest absolute Gasteiger partial charge is 0.479 e. The molecule has 4 rings (SSSR count). The second kappa shape index (κ2) is 12.0. The number of thiazole rings is 1. The number of nitrogens with zero attached hydrogens (tertiary/aromatic N) is 2. The van der Waals surface area contributed by atoms with Crippen molar-refractivity contribution in [3.05, 3.63) is 90.6 Å². The Morgan fingerprint density at radius 1 is 1.26 bits per heavy atom. The Labute approximate surface area is 256 Å². The molecular weight excluding hydrogens is 783 g/mol. The number of allylic oxidation sites excluding steroid dienone is 1. The van der Waals surface area contributed by atoms with E-state index in [0.717, 1.165) is 23.0 Å². The quantitative estimate of drug-likeness (QED) is 0.195. The number of hydrogen-bond acceptors (Lipinski definition) is 6. The van der Waals surface area contributed by atoms with E-state index in [1.807, 2.05) is 0 Å². The molecule has 0 N–H and O–H groups in total. The zero-order valence-electron chi connectivity index (χ0n) is 19.8. The lowest BCUT2D eigenvalue weighted by atomic mass is 9.95. The molecule has 39 heavy (non-hydrogen) atoms. The molecule has 1 aliphatic rings. The number of benzene rings is 2. The van der Waals surface area contributed by atoms with Gasteiger partial charge in [-0.3, -0.25) is 9.36 Å². The van der Waals surface area contributed by atoms with Gasteiger partial charge in [-0.15, -0.1) is 6.42 Å². The second-order valence-electron chi connectivity index (χ2n) is 7.92. The predicted octanol–water partition coefficient (Wildman–Crippen LogP) is 5.22. The first-order chi connectivity index (χ1) is 18.5. The summed E-state index contributed by atoms with van der Waals surface area (Å²) in [4.78, 5) is 30.1. The summed E-state index contributed by atoms with van der Waals surface area (Å²) >= 11 is 10.9. The number of esters is 1. The molecule has 6 nitrogen and oxygen atoms in total. The molecule has 0 saturated carbocycles. The lowest BCUT2D eigenvalue weighted by Gasteiger charge is -2.26. The van der Waals surface area contributed by atoms with Crippen molar-refractivity contribution in [1.29, 1.82) is 0 Å². The molecule has 0 radical (unpaired) electrons. The molecule has 0 amide bonds. The van der Waals surface area contributed by atoms with Gasteiger partial charge in [0, 0.05) is 5.02 Å². The molecule has 0 spiro atoms. The second-order valence-corrected chi connectivity index (χ2v) is 11.7. The van der Waals surface area contributed by atoms with Crippen molar-refractivity contribution in [3.63, 3.8) is 0 Å². The van der Waals surface area contributed by atoms with E-state index < -0.39 is 35.0 Å². The van der Waals surface area contributed by atoms with Gasteiger partial charge in [0.15, 0.2) is 10.5 Å². The highest BCUT2D eigenvalue weighted by Crippen LogP contribution is 2.38. The van der Waals surface area contributed by atoms with Crippen LogP contribution in [-0.4, -0.2) is 29.9 Å². The van der Waals surface area contributed by atoms with Gasteiger partial charge in [-0.25, -0.2) is 9.79 Å². The van der Waals surface area contributed by atoms with E-state index in [4.69, 9.17) is 27.5 Å². The van der Waals surface area contributed by atoms with E-state index in [1.165, 1.54) is 31.2 Å². The fraction of sp³-hybridized carbons (Fsp3) is 0.192. The summed E-state index contributed by atoms with van der Waals surface area (Å²) in [6.07, 6.45) is 1.85. The van der Waals surface area contributed by atoms with Crippen LogP contribution < -0.4 is 19.6 Å². The maximum Gasteiger partial charge on any atom is 0.434 e. The smallest absolute Gasteiger partial charge is 0.434 e. The number of ether oxygens (including phenoxy) is 2. The van der Waals surface area contributed by atoms with Crippen LogP contribution in [0.1, 0.15) is 24.1 Å². The fourth-order valence-electron chi connectivity index (χ4n) is 3.87. The summed E-state index contributed by atoms with van der Waals surface area (Å²) < 4.78 is 55.9. The van der Waals surface area contributed by atoms with Crippen molar-refractivity contribution in [1.82, 2.24) is 4.57 Å². The van der Waals surface area contributed by atoms with Crippen molar-refractivity contribution in [3.8, 4) is 18.1 Å². The number of carbonyl (C=O) groups is 1. The molecule has 1 aromatic heterocycles. The maximum absolute atomic E-state index is 14.2. The molecule has 0 fully saturated rings. The first-order valence-corrected chi connectivity index (χ1v) is 14.4. The SMILES string of the molecule is C#CCOc1c(I)cc(/C=c2\sc3n(c2=O)[C@@H](c2ccc(Cl)cc2)C(C(=O)OCC)=C(C(F)(F)F)N=3)cc1I. The third-order valence-electron chi connectivity index (χ3n) is 5.40. The van der Waals surface area contributed by atoms with Crippen LogP contribution in [0.5, 0.6) is 5.75 Å². The average Bonchev–Trinajstić information content (AvgIpc) is 3.17. The summed E-state index contributed by atoms with van der Waals surface area (Å²) in [6, 6.07) is 7.94. The van der Waals surface area contributed by atoms with Gasteiger partial charge in [0.05, 0.1) is 29.9 Å². The molecule has 0 unspecified atom stereocenters. The maximum atomic E-state index is 14.2. The molecule has 1 atom stereocenters. The average molecular weight is 799 g/mol. The predicted molar refractivity (Wildman–Crippen MR) is 158 cm³/mol. The van der Waals surface area contributed by atoms with Crippen LogP contribution in [0.25, 0.3) is 6.08 Å². The molecule has 1 aliphatic heterocycles. The van der Waals surface area contributed by atoms with Crippen LogP contribution in [-0.2, 0) is 9.53 Å². The van der Waals surface area contributed by atoms with E-state index in [-0.39, 0.29) is 28.1 Å². The summed E-state index contributed by atoms with van der Waals surface area (Å²) in [7, 11) is 0. The third-order valence-corrected chi connectivity index (χ3v) is 8.24. The Morgan fingerprint density at radius 2 is 1.90 bits per heavy atom. The number of terminal acetylenes is 1. The number of rotatable bonds is 6. The normalized spacial score (nSPS) is 15.4. The van der Waals surface area contributed by atoms with Gasteiger partial charge >= 0.3 is 12.1 Å². The molecule has 13 heteroatoms. The zero-order valence-corrected chi connectivity index (χ0v) is 25.7. The van der Waals surface area contributed by atoms with Gasteiger partial charge in [-0.05, 0) is 93.6 Å². The molecule has 3 aromatic rings. The Morgan fingerprint density at radius 3 is 2.46 bits per heavy atom. The molecule has 0 bridgehead atoms. The zero-order chi connectivity index (χ0) is 28.5. The lowest BCUT2D eigenvalue weighted by molar-refractivity contribution is -0.140. The number of halogens is 6. The Kier molecular flexibility index (Phi) is 9.14. The van der Waals surface area contributed by atoms with Crippen LogP contribution in [0.3, 0.4) is 0 Å². The molecule has 2 heterocycles. The van der Waals surface area contributed by atoms with Gasteiger partial charge in [-0.1, -0.05) is 41.0 Å². The van der Waals surface area contributed by atoms with E-state index >= 15 is 0 Å². The summed E-state index contributed by atoms with van der Waals surface area (Å²) in [5, 5.41) is 0.336. The van der Waals surface area contributed by atoms with Crippen LogP contribution in [0, 0.1) is 19.5 Å². The van der Waals surface area contributed by atoms with Gasteiger partial charge in [0.1, 0.15) is 12.4 Å². The first-order valence-electron chi connectivity index (χ1n) is 11.1. The standard InChI is InChI=1S/C26H16ClF3I2N2O4S/c1-3-9-38-21-16(31)10-13(11-17(21)32)12-18-23(35)34-20(14-5-7-15(27)8-6-14)19(24(36)37-4-2)22(26(28,29)30)33-25(34)39-18/h1,5-8,10-12,20H,4,9H2,2H3/b18-12-/t20-/m0/s1. The monoisotopic (exact) mass is 798 g/mol. The number of carbonyl (C=O) groups excluding carboxylic acids is 1. The van der Waals surface area contributed by atoms with Crippen molar-refractivity contribution in [2.45, 2.75) is 19.1 Å². The highest BCUT2D eigenvalue weighted by Gasteiger charge is 2.45. The van der Waals surface area contributed by atoms with Crippen molar-refractivity contribution in [2.24, 2.45) is 4.99 Å². The number of fused-ring (bicyclic) bond motifs is 1. The number of aromatic nitrogens is 1. The van der Waals surface area contributed by atoms with Crippen molar-refractivity contribution in [2.75, 3.05) is 13.2 Å². The van der Waals surface area contributed by atoms with Crippen LogP contribution >= 0.6 is 68.1 Å². The Hall–Kier alpha value is -2.35. The number of alkyl halides is 3. The summed E-state index contributed by atoms with van der Waals surface area (Å²) in [5.74, 6) is 1.77. The van der Waals surface area contributed by atoms with Crippen LogP contribution in [0.4, 0.5) is 13.2 Å². The van der Waals surface area contributed by atoms with Crippen LogP contribution in [0.2, 0.25) is 5.02 Å². The minimum absolute atomic E-state index is 0.0823. The minimum Gasteiger partial charge on any atom is -0.479 e. The van der Waals surface area contributed by atoms with Gasteiger partial charge in [0.25, 0.3) is 5.56 Å². The number of hydrogen-bond donors (Lipinski definition) is 0. The Bertz CT molecular complexity index is 1680. The minimum atomic E-state index is -4.98. The third kappa shape index (κ3) is 6.21. The van der Waals surface area contributed by atoms with Crippen LogP contribution in [0.15, 0.2) is 57.5 Å². The molecule has 0 saturated heterocycles. The van der Waals surface area contributed by atoms with Crippen molar-refractivity contribution >= 4 is 80.2 Å². The summed E-state index contributed by atoms with van der Waals surface area (Å²) in [5.41, 5.74) is -1.94.